The molecule has 0 aliphatic heterocycles. The highest BCUT2D eigenvalue weighted by Crippen LogP contribution is 2.39. The maximum atomic E-state index is 11.6. The molecule has 0 fully saturated rings. The van der Waals surface area contributed by atoms with Crippen molar-refractivity contribution < 1.29 is 9.53 Å². The summed E-state index contributed by atoms with van der Waals surface area (Å²) in [6, 6.07) is 15.3. The van der Waals surface area contributed by atoms with Crippen molar-refractivity contribution >= 4 is 29.3 Å². The fourth-order valence-electron chi connectivity index (χ4n) is 2.47. The highest BCUT2D eigenvalue weighted by molar-refractivity contribution is 7.99. The fourth-order valence-corrected chi connectivity index (χ4v) is 4.01. The van der Waals surface area contributed by atoms with Crippen LogP contribution in [-0.2, 0) is 11.3 Å². The molecule has 0 N–H and O–H groups in total. The van der Waals surface area contributed by atoms with Gasteiger partial charge in [-0.05, 0) is 35.9 Å². The van der Waals surface area contributed by atoms with Crippen LogP contribution in [0.5, 0.6) is 0 Å². The van der Waals surface area contributed by atoms with E-state index >= 15 is 0 Å². The number of esters is 1. The summed E-state index contributed by atoms with van der Waals surface area (Å²) in [5.74, 6) is -0.336. The van der Waals surface area contributed by atoms with Crippen molar-refractivity contribution in [1.82, 2.24) is 9.55 Å². The van der Waals surface area contributed by atoms with Gasteiger partial charge >= 0.3 is 5.97 Å². The molecule has 0 saturated heterocycles. The van der Waals surface area contributed by atoms with Gasteiger partial charge in [0.2, 0.25) is 0 Å². The Morgan fingerprint density at radius 1 is 1.24 bits per heavy atom. The molecule has 2 aromatic carbocycles. The van der Waals surface area contributed by atoms with Gasteiger partial charge in [0.15, 0.2) is 0 Å². The molecule has 0 saturated carbocycles. The lowest BCUT2D eigenvalue weighted by Crippen LogP contribution is -2.06. The number of halogens is 1. The molecular weight excluding hydrogens is 356 g/mol. The first-order valence-corrected chi connectivity index (χ1v) is 8.98. The Bertz CT molecular complexity index is 835. The van der Waals surface area contributed by atoms with Crippen LogP contribution >= 0.6 is 23.4 Å². The van der Waals surface area contributed by atoms with E-state index in [1.54, 1.807) is 36.4 Å². The van der Waals surface area contributed by atoms with E-state index in [2.05, 4.69) is 4.98 Å². The number of nitrogens with zero attached hydrogens (tertiary/aromatic N) is 2. The van der Waals surface area contributed by atoms with Crippen LogP contribution in [0.4, 0.5) is 0 Å². The van der Waals surface area contributed by atoms with Crippen molar-refractivity contribution in [2.24, 2.45) is 0 Å². The average Bonchev–Trinajstić information content (AvgIpc) is 3.15. The standard InChI is InChI=1S/C19H17ClN2O2S/c1-24-19(23)14-6-8-15(9-7-14)25-18(12-22-11-10-21-13-22)16-4-2-3-5-17(16)20/h2-11,13,18H,12H2,1H3. The molecule has 4 nitrogen and oxygen atoms in total. The first-order valence-electron chi connectivity index (χ1n) is 7.72. The Labute approximate surface area is 155 Å². The first-order chi connectivity index (χ1) is 12.2. The van der Waals surface area contributed by atoms with E-state index in [-0.39, 0.29) is 11.2 Å². The van der Waals surface area contributed by atoms with Gasteiger partial charge in [-0.15, -0.1) is 11.8 Å². The fraction of sp³-hybridized carbons (Fsp3) is 0.158. The third-order valence-corrected chi connectivity index (χ3v) is 5.32. The third kappa shape index (κ3) is 4.44. The summed E-state index contributed by atoms with van der Waals surface area (Å²) < 4.78 is 6.77. The van der Waals surface area contributed by atoms with Crippen LogP contribution < -0.4 is 0 Å². The van der Waals surface area contributed by atoms with Crippen LogP contribution in [0.15, 0.2) is 72.1 Å². The molecule has 3 rings (SSSR count). The minimum atomic E-state index is -0.336. The zero-order chi connectivity index (χ0) is 17.6. The Morgan fingerprint density at radius 2 is 2.00 bits per heavy atom. The van der Waals surface area contributed by atoms with E-state index in [9.17, 15) is 4.79 Å². The molecular formula is C19H17ClN2O2S. The lowest BCUT2D eigenvalue weighted by atomic mass is 10.1. The normalized spacial score (nSPS) is 11.9. The highest BCUT2D eigenvalue weighted by Gasteiger charge is 2.17. The number of hydrogen-bond acceptors (Lipinski definition) is 4. The van der Waals surface area contributed by atoms with Crippen LogP contribution in [0.1, 0.15) is 21.2 Å². The zero-order valence-electron chi connectivity index (χ0n) is 13.6. The molecule has 0 aliphatic carbocycles. The molecule has 6 heteroatoms. The number of aromatic nitrogens is 2. The molecule has 25 heavy (non-hydrogen) atoms. The minimum Gasteiger partial charge on any atom is -0.465 e. The summed E-state index contributed by atoms with van der Waals surface area (Å²) in [7, 11) is 1.38. The lowest BCUT2D eigenvalue weighted by molar-refractivity contribution is 0.0600. The predicted molar refractivity (Wildman–Crippen MR) is 100 cm³/mol. The SMILES string of the molecule is COC(=O)c1ccc(SC(Cn2ccnc2)c2ccccc2Cl)cc1. The molecule has 1 aromatic heterocycles. The Morgan fingerprint density at radius 3 is 2.64 bits per heavy atom. The molecule has 0 bridgehead atoms. The summed E-state index contributed by atoms with van der Waals surface area (Å²) in [6.45, 7) is 0.743. The number of carbonyl (C=O) groups is 1. The maximum absolute atomic E-state index is 11.6. The van der Waals surface area contributed by atoms with Gasteiger partial charge in [0.05, 0.1) is 24.3 Å². The van der Waals surface area contributed by atoms with Crippen LogP contribution in [0.3, 0.4) is 0 Å². The van der Waals surface area contributed by atoms with Gasteiger partial charge in [0.1, 0.15) is 0 Å². The topological polar surface area (TPSA) is 44.1 Å². The van der Waals surface area contributed by atoms with E-state index in [0.717, 1.165) is 22.0 Å². The number of imidazole rings is 1. The predicted octanol–water partition coefficient (Wildman–Crippen LogP) is 4.86. The molecule has 128 valence electrons. The summed E-state index contributed by atoms with van der Waals surface area (Å²) in [6.07, 6.45) is 5.50. The quantitative estimate of drug-likeness (QED) is 0.458. The monoisotopic (exact) mass is 372 g/mol. The number of benzene rings is 2. The first kappa shape index (κ1) is 17.6. The second kappa shape index (κ2) is 8.23. The Balaban J connectivity index is 1.84. The Hall–Kier alpha value is -2.24. The van der Waals surface area contributed by atoms with Crippen LogP contribution in [0.25, 0.3) is 0 Å². The number of thioether (sulfide) groups is 1. The summed E-state index contributed by atoms with van der Waals surface area (Å²) in [5, 5.41) is 0.859. The van der Waals surface area contributed by atoms with E-state index in [1.807, 2.05) is 47.2 Å². The molecule has 1 unspecified atom stereocenters. The van der Waals surface area contributed by atoms with Gasteiger partial charge in [-0.2, -0.15) is 0 Å². The molecule has 3 aromatic rings. The van der Waals surface area contributed by atoms with Gasteiger partial charge in [-0.1, -0.05) is 29.8 Å². The summed E-state index contributed by atoms with van der Waals surface area (Å²) >= 11 is 8.11. The summed E-state index contributed by atoms with van der Waals surface area (Å²) in [5.41, 5.74) is 1.61. The smallest absolute Gasteiger partial charge is 0.337 e. The largest absolute Gasteiger partial charge is 0.465 e. The lowest BCUT2D eigenvalue weighted by Gasteiger charge is -2.19. The van der Waals surface area contributed by atoms with Crippen LogP contribution in [-0.4, -0.2) is 22.6 Å². The van der Waals surface area contributed by atoms with Crippen LogP contribution in [0.2, 0.25) is 5.02 Å². The van der Waals surface area contributed by atoms with Crippen molar-refractivity contribution in [3.05, 3.63) is 83.4 Å². The van der Waals surface area contributed by atoms with Gasteiger partial charge in [-0.25, -0.2) is 9.78 Å². The van der Waals surface area contributed by atoms with E-state index in [4.69, 9.17) is 16.3 Å². The Kier molecular flexibility index (Phi) is 5.79. The number of carbonyl (C=O) groups excluding carboxylic acids is 1. The second-order valence-electron chi connectivity index (χ2n) is 5.40. The van der Waals surface area contributed by atoms with E-state index < -0.39 is 0 Å². The number of ether oxygens (including phenoxy) is 1. The third-order valence-electron chi connectivity index (χ3n) is 3.74. The van der Waals surface area contributed by atoms with Crippen molar-refractivity contribution in [1.29, 1.82) is 0 Å². The second-order valence-corrected chi connectivity index (χ2v) is 7.09. The van der Waals surface area contributed by atoms with Gasteiger partial charge in [-0.3, -0.25) is 0 Å². The van der Waals surface area contributed by atoms with E-state index in [1.165, 1.54) is 7.11 Å². The molecule has 0 spiro atoms. The maximum Gasteiger partial charge on any atom is 0.337 e. The molecule has 0 radical (unpaired) electrons. The number of rotatable bonds is 6. The average molecular weight is 373 g/mol. The molecule has 1 heterocycles. The van der Waals surface area contributed by atoms with Crippen molar-refractivity contribution in [2.45, 2.75) is 16.7 Å². The zero-order valence-corrected chi connectivity index (χ0v) is 15.2. The highest BCUT2D eigenvalue weighted by atomic mass is 35.5. The molecule has 0 amide bonds. The van der Waals surface area contributed by atoms with E-state index in [0.29, 0.717) is 5.56 Å². The van der Waals surface area contributed by atoms with Crippen molar-refractivity contribution in [2.75, 3.05) is 7.11 Å². The number of methoxy groups -OCH3 is 1. The summed E-state index contributed by atoms with van der Waals surface area (Å²) in [4.78, 5) is 16.7. The van der Waals surface area contributed by atoms with Crippen molar-refractivity contribution in [3.8, 4) is 0 Å². The van der Waals surface area contributed by atoms with Gasteiger partial charge in [0, 0.05) is 28.9 Å². The minimum absolute atomic E-state index is 0.117. The number of hydrogen-bond donors (Lipinski definition) is 0. The molecule has 1 atom stereocenters. The van der Waals surface area contributed by atoms with Crippen LogP contribution in [0, 0.1) is 0 Å². The van der Waals surface area contributed by atoms with Gasteiger partial charge < -0.3 is 9.30 Å². The van der Waals surface area contributed by atoms with Crippen molar-refractivity contribution in [3.63, 3.8) is 0 Å². The molecule has 0 aliphatic rings. The van der Waals surface area contributed by atoms with Gasteiger partial charge in [0.25, 0.3) is 0 Å².